The first-order valence-corrected chi connectivity index (χ1v) is 10.6. The van der Waals surface area contributed by atoms with Gasteiger partial charge in [0.2, 0.25) is 11.7 Å². The third kappa shape index (κ3) is 3.80. The minimum atomic E-state index is -0.222. The van der Waals surface area contributed by atoms with Gasteiger partial charge in [-0.1, -0.05) is 51.4 Å². The number of aromatic nitrogens is 4. The molecule has 0 saturated carbocycles. The van der Waals surface area contributed by atoms with Crippen molar-refractivity contribution in [1.82, 2.24) is 19.9 Å². The summed E-state index contributed by atoms with van der Waals surface area (Å²) < 4.78 is 12.9. The molecule has 5 rings (SSSR count). The first-order valence-electron chi connectivity index (χ1n) is 9.85. The molecule has 7 nitrogen and oxygen atoms in total. The van der Waals surface area contributed by atoms with Crippen LogP contribution in [0.5, 0.6) is 5.75 Å². The molecule has 0 saturated heterocycles. The number of methoxy groups -OCH3 is 1. The molecular formula is C24H17BrN4O3. The van der Waals surface area contributed by atoms with Gasteiger partial charge >= 0.3 is 0 Å². The molecule has 5 aromatic rings. The van der Waals surface area contributed by atoms with Crippen LogP contribution in [0.1, 0.15) is 5.89 Å². The summed E-state index contributed by atoms with van der Waals surface area (Å²) in [5, 5.41) is 10.0. The molecule has 0 fully saturated rings. The van der Waals surface area contributed by atoms with Crippen molar-refractivity contribution in [3.8, 4) is 28.4 Å². The van der Waals surface area contributed by atoms with Crippen LogP contribution >= 0.6 is 15.9 Å². The zero-order valence-corrected chi connectivity index (χ0v) is 18.6. The van der Waals surface area contributed by atoms with Crippen LogP contribution in [0.2, 0.25) is 0 Å². The standard InChI is InChI=1S/C24H17BrN4O3/c1-31-18-11-9-15(10-12-18)22-19-7-2-3-8-20(19)24(30)29(27-22)14-21-26-23(28-32-21)16-5-4-6-17(25)13-16/h2-13H,14H2,1H3. The summed E-state index contributed by atoms with van der Waals surface area (Å²) in [5.74, 6) is 1.49. The second-order valence-corrected chi connectivity index (χ2v) is 8.02. The summed E-state index contributed by atoms with van der Waals surface area (Å²) in [5.41, 5.74) is 2.15. The Morgan fingerprint density at radius 3 is 2.50 bits per heavy atom. The number of nitrogens with zero attached hydrogens (tertiary/aromatic N) is 4. The summed E-state index contributed by atoms with van der Waals surface area (Å²) in [7, 11) is 1.62. The Labute approximate surface area is 191 Å². The van der Waals surface area contributed by atoms with Gasteiger partial charge in [0, 0.05) is 21.0 Å². The second kappa shape index (κ2) is 8.39. The van der Waals surface area contributed by atoms with Crippen molar-refractivity contribution in [3.63, 3.8) is 0 Å². The number of fused-ring (bicyclic) bond motifs is 1. The normalized spacial score (nSPS) is 11.1. The van der Waals surface area contributed by atoms with Crippen molar-refractivity contribution >= 4 is 26.7 Å². The van der Waals surface area contributed by atoms with E-state index >= 15 is 0 Å². The summed E-state index contributed by atoms with van der Waals surface area (Å²) in [6.45, 7) is 0.0633. The SMILES string of the molecule is COc1ccc(-c2nn(Cc3nc(-c4cccc(Br)c4)no3)c(=O)c3ccccc23)cc1. The molecule has 0 aliphatic carbocycles. The zero-order valence-electron chi connectivity index (χ0n) is 17.0. The largest absolute Gasteiger partial charge is 0.497 e. The highest BCUT2D eigenvalue weighted by molar-refractivity contribution is 9.10. The van der Waals surface area contributed by atoms with Crippen LogP contribution < -0.4 is 10.3 Å². The number of hydrogen-bond donors (Lipinski definition) is 0. The quantitative estimate of drug-likeness (QED) is 0.348. The fraction of sp³-hybridized carbons (Fsp3) is 0.0833. The van der Waals surface area contributed by atoms with Crippen LogP contribution in [0.4, 0.5) is 0 Å². The van der Waals surface area contributed by atoms with E-state index in [-0.39, 0.29) is 12.1 Å². The highest BCUT2D eigenvalue weighted by Gasteiger charge is 2.15. The molecule has 0 radical (unpaired) electrons. The van der Waals surface area contributed by atoms with Crippen molar-refractivity contribution in [2.24, 2.45) is 0 Å². The van der Waals surface area contributed by atoms with Gasteiger partial charge in [-0.05, 0) is 42.5 Å². The molecule has 2 heterocycles. The lowest BCUT2D eigenvalue weighted by molar-refractivity contribution is 0.364. The lowest BCUT2D eigenvalue weighted by atomic mass is 10.0. The molecule has 0 N–H and O–H groups in total. The van der Waals surface area contributed by atoms with E-state index in [1.54, 1.807) is 13.2 Å². The number of benzene rings is 3. The molecule has 0 bridgehead atoms. The molecule has 0 aliphatic rings. The van der Waals surface area contributed by atoms with E-state index in [9.17, 15) is 4.79 Å². The zero-order chi connectivity index (χ0) is 22.1. The Morgan fingerprint density at radius 1 is 0.969 bits per heavy atom. The Bertz CT molecular complexity index is 1480. The van der Waals surface area contributed by atoms with Gasteiger partial charge in [-0.3, -0.25) is 4.79 Å². The van der Waals surface area contributed by atoms with E-state index in [2.05, 4.69) is 31.2 Å². The van der Waals surface area contributed by atoms with Crippen molar-refractivity contribution in [1.29, 1.82) is 0 Å². The predicted octanol–water partition coefficient (Wildman–Crippen LogP) is 4.93. The molecule has 158 valence electrons. The Kier molecular flexibility index (Phi) is 5.28. The molecule has 0 spiro atoms. The highest BCUT2D eigenvalue weighted by Crippen LogP contribution is 2.26. The average Bonchev–Trinajstić information content (AvgIpc) is 3.30. The molecule has 32 heavy (non-hydrogen) atoms. The predicted molar refractivity (Wildman–Crippen MR) is 125 cm³/mol. The van der Waals surface area contributed by atoms with E-state index in [0.29, 0.717) is 22.8 Å². The van der Waals surface area contributed by atoms with E-state index < -0.39 is 0 Å². The van der Waals surface area contributed by atoms with E-state index in [4.69, 9.17) is 9.26 Å². The molecule has 0 amide bonds. The first kappa shape index (κ1) is 20.1. The third-order valence-electron chi connectivity index (χ3n) is 5.07. The minimum Gasteiger partial charge on any atom is -0.497 e. The van der Waals surface area contributed by atoms with E-state index in [1.807, 2.05) is 66.7 Å². The molecular weight excluding hydrogens is 472 g/mol. The fourth-order valence-electron chi connectivity index (χ4n) is 3.50. The number of hydrogen-bond acceptors (Lipinski definition) is 6. The first-order chi connectivity index (χ1) is 15.6. The van der Waals surface area contributed by atoms with Gasteiger partial charge in [0.1, 0.15) is 12.3 Å². The van der Waals surface area contributed by atoms with Crippen LogP contribution in [0, 0.1) is 0 Å². The summed E-state index contributed by atoms with van der Waals surface area (Å²) in [6.07, 6.45) is 0. The Morgan fingerprint density at radius 2 is 1.75 bits per heavy atom. The minimum absolute atomic E-state index is 0.0633. The number of rotatable bonds is 5. The Hall–Kier alpha value is -3.78. The lowest BCUT2D eigenvalue weighted by Gasteiger charge is -2.10. The third-order valence-corrected chi connectivity index (χ3v) is 5.56. The topological polar surface area (TPSA) is 83.0 Å². The van der Waals surface area contributed by atoms with Gasteiger partial charge < -0.3 is 9.26 Å². The second-order valence-electron chi connectivity index (χ2n) is 7.11. The highest BCUT2D eigenvalue weighted by atomic mass is 79.9. The van der Waals surface area contributed by atoms with Crippen molar-refractivity contribution < 1.29 is 9.26 Å². The van der Waals surface area contributed by atoms with Crippen molar-refractivity contribution in [3.05, 3.63) is 93.5 Å². The van der Waals surface area contributed by atoms with Crippen LogP contribution in [0.3, 0.4) is 0 Å². The van der Waals surface area contributed by atoms with Crippen LogP contribution in [0.15, 0.2) is 86.6 Å². The van der Waals surface area contributed by atoms with E-state index in [1.165, 1.54) is 4.68 Å². The van der Waals surface area contributed by atoms with Gasteiger partial charge in [0.25, 0.3) is 5.56 Å². The summed E-state index contributed by atoms with van der Waals surface area (Å²) in [6, 6.07) is 22.6. The molecule has 3 aromatic carbocycles. The summed E-state index contributed by atoms with van der Waals surface area (Å²) in [4.78, 5) is 17.6. The van der Waals surface area contributed by atoms with Crippen LogP contribution in [0.25, 0.3) is 33.4 Å². The molecule has 0 aliphatic heterocycles. The van der Waals surface area contributed by atoms with Gasteiger partial charge in [-0.25, -0.2) is 4.68 Å². The maximum atomic E-state index is 13.1. The van der Waals surface area contributed by atoms with Crippen molar-refractivity contribution in [2.75, 3.05) is 7.11 Å². The fourth-order valence-corrected chi connectivity index (χ4v) is 3.90. The molecule has 8 heteroatoms. The maximum Gasteiger partial charge on any atom is 0.275 e. The van der Waals surface area contributed by atoms with Gasteiger partial charge in [-0.2, -0.15) is 10.1 Å². The summed E-state index contributed by atoms with van der Waals surface area (Å²) >= 11 is 3.44. The molecule has 0 atom stereocenters. The monoisotopic (exact) mass is 488 g/mol. The number of ether oxygens (including phenoxy) is 1. The average molecular weight is 489 g/mol. The van der Waals surface area contributed by atoms with Gasteiger partial charge in [0.05, 0.1) is 18.2 Å². The maximum absolute atomic E-state index is 13.1. The lowest BCUT2D eigenvalue weighted by Crippen LogP contribution is -2.24. The van der Waals surface area contributed by atoms with Crippen molar-refractivity contribution in [2.45, 2.75) is 6.54 Å². The molecule has 0 unspecified atom stereocenters. The number of halogens is 1. The van der Waals surface area contributed by atoms with Gasteiger partial charge in [0.15, 0.2) is 0 Å². The Balaban J connectivity index is 1.57. The van der Waals surface area contributed by atoms with E-state index in [0.717, 1.165) is 26.7 Å². The molecule has 2 aromatic heterocycles. The van der Waals surface area contributed by atoms with Crippen LogP contribution in [-0.4, -0.2) is 27.0 Å². The van der Waals surface area contributed by atoms with Gasteiger partial charge in [-0.15, -0.1) is 0 Å². The smallest absolute Gasteiger partial charge is 0.275 e. The van der Waals surface area contributed by atoms with Crippen LogP contribution in [-0.2, 0) is 6.54 Å².